The summed E-state index contributed by atoms with van der Waals surface area (Å²) in [7, 11) is 0. The van der Waals surface area contributed by atoms with Gasteiger partial charge in [-0.2, -0.15) is 0 Å². The minimum Gasteiger partial charge on any atom is -0.548 e. The molecule has 22 heavy (non-hydrogen) atoms. The standard InChI is InChI=1S/C12H22N2O6.2Na/c15-7-1-9(11(17)18)13-3-5-14(6-4-13)10(2-8-16)12(19)20;;/h9-10,15-16H,1-8H2,(H,17,18)(H,19,20);;/q;2*+1/p-2. The van der Waals surface area contributed by atoms with E-state index >= 15 is 0 Å². The van der Waals surface area contributed by atoms with Gasteiger partial charge in [-0.25, -0.2) is 0 Å². The molecule has 10 heteroatoms. The van der Waals surface area contributed by atoms with Crippen LogP contribution in [0.15, 0.2) is 0 Å². The van der Waals surface area contributed by atoms with Gasteiger partial charge in [0.25, 0.3) is 0 Å². The smallest absolute Gasteiger partial charge is 0.548 e. The van der Waals surface area contributed by atoms with Crippen LogP contribution in [0.25, 0.3) is 0 Å². The van der Waals surface area contributed by atoms with Crippen LogP contribution in [0.1, 0.15) is 12.8 Å². The molecule has 0 aromatic carbocycles. The van der Waals surface area contributed by atoms with Crippen molar-refractivity contribution in [2.75, 3.05) is 39.4 Å². The van der Waals surface area contributed by atoms with Gasteiger partial charge in [0.2, 0.25) is 0 Å². The number of piperazine rings is 1. The fourth-order valence-electron chi connectivity index (χ4n) is 2.50. The van der Waals surface area contributed by atoms with Crippen molar-refractivity contribution in [1.29, 1.82) is 0 Å². The minimum atomic E-state index is -1.24. The van der Waals surface area contributed by atoms with E-state index < -0.39 is 24.0 Å². The van der Waals surface area contributed by atoms with E-state index in [0.717, 1.165) is 0 Å². The number of aliphatic hydroxyl groups excluding tert-OH is 2. The average Bonchev–Trinajstić information content (AvgIpc) is 2.42. The maximum absolute atomic E-state index is 11.0. The Morgan fingerprint density at radius 1 is 0.818 bits per heavy atom. The molecule has 0 aliphatic carbocycles. The molecule has 2 N–H and O–H groups in total. The Labute approximate surface area is 174 Å². The summed E-state index contributed by atoms with van der Waals surface area (Å²) in [5, 5.41) is 39.7. The van der Waals surface area contributed by atoms with Gasteiger partial charge in [0.05, 0.1) is 24.0 Å². The first-order valence-electron chi connectivity index (χ1n) is 6.62. The second-order valence-electron chi connectivity index (χ2n) is 4.77. The van der Waals surface area contributed by atoms with E-state index in [9.17, 15) is 19.8 Å². The molecule has 1 saturated heterocycles. The van der Waals surface area contributed by atoms with Crippen LogP contribution in [0.4, 0.5) is 0 Å². The second-order valence-corrected chi connectivity index (χ2v) is 4.77. The van der Waals surface area contributed by atoms with Crippen molar-refractivity contribution in [3.63, 3.8) is 0 Å². The molecule has 0 amide bonds. The Hall–Kier alpha value is 0.780. The number of hydrogen-bond acceptors (Lipinski definition) is 8. The predicted molar refractivity (Wildman–Crippen MR) is 64.1 cm³/mol. The fraction of sp³-hybridized carbons (Fsp3) is 0.833. The first-order valence-corrected chi connectivity index (χ1v) is 6.62. The van der Waals surface area contributed by atoms with Crippen LogP contribution in [0, 0.1) is 0 Å². The molecule has 2 atom stereocenters. The van der Waals surface area contributed by atoms with Crippen LogP contribution < -0.4 is 69.3 Å². The number of carbonyl (C=O) groups is 2. The number of carbonyl (C=O) groups excluding carboxylic acids is 2. The molecule has 1 rings (SSSR count). The SMILES string of the molecule is O=C([O-])C(CCO)N1CCN(C(CCO)C(=O)[O-])CC1.[Na+].[Na+]. The maximum atomic E-state index is 11.0. The third-order valence-electron chi connectivity index (χ3n) is 3.58. The molecule has 0 bridgehead atoms. The Bertz CT molecular complexity index is 308. The van der Waals surface area contributed by atoms with Crippen LogP contribution in [-0.4, -0.2) is 83.4 Å². The largest absolute Gasteiger partial charge is 1.00 e. The van der Waals surface area contributed by atoms with Crippen molar-refractivity contribution in [2.24, 2.45) is 0 Å². The Kier molecular flexibility index (Phi) is 14.9. The second kappa shape index (κ2) is 13.1. The average molecular weight is 334 g/mol. The third kappa shape index (κ3) is 7.57. The molecule has 116 valence electrons. The Morgan fingerprint density at radius 2 is 1.09 bits per heavy atom. The normalized spacial score (nSPS) is 18.6. The van der Waals surface area contributed by atoms with E-state index in [1.54, 1.807) is 9.80 Å². The van der Waals surface area contributed by atoms with E-state index in [4.69, 9.17) is 10.2 Å². The summed E-state index contributed by atoms with van der Waals surface area (Å²) in [6.45, 7) is 0.986. The Balaban J connectivity index is 0. The van der Waals surface area contributed by atoms with Crippen molar-refractivity contribution < 1.29 is 89.1 Å². The number of nitrogens with zero attached hydrogens (tertiary/aromatic N) is 2. The first kappa shape index (κ1) is 25.0. The summed E-state index contributed by atoms with van der Waals surface area (Å²) >= 11 is 0. The monoisotopic (exact) mass is 334 g/mol. The quantitative estimate of drug-likeness (QED) is 0.419. The van der Waals surface area contributed by atoms with Crippen molar-refractivity contribution >= 4 is 11.9 Å². The first-order chi connectivity index (χ1) is 9.51. The van der Waals surface area contributed by atoms with Crippen molar-refractivity contribution in [2.45, 2.75) is 24.9 Å². The minimum absolute atomic E-state index is 0. The van der Waals surface area contributed by atoms with Crippen molar-refractivity contribution in [1.82, 2.24) is 9.80 Å². The van der Waals surface area contributed by atoms with Gasteiger partial charge in [0.15, 0.2) is 0 Å². The molecule has 0 aromatic rings. The zero-order chi connectivity index (χ0) is 15.1. The molecule has 2 unspecified atom stereocenters. The van der Waals surface area contributed by atoms with Gasteiger partial charge in [0, 0.05) is 39.4 Å². The molecule has 0 spiro atoms. The van der Waals surface area contributed by atoms with Gasteiger partial charge < -0.3 is 30.0 Å². The molecule has 1 aliphatic rings. The van der Waals surface area contributed by atoms with E-state index in [-0.39, 0.29) is 85.2 Å². The summed E-state index contributed by atoms with van der Waals surface area (Å²) in [5.74, 6) is -2.47. The predicted octanol–water partition coefficient (Wildman–Crippen LogP) is -10.4. The molecule has 0 aromatic heterocycles. The number of carboxylic acids is 2. The number of hydrogen-bond donors (Lipinski definition) is 2. The van der Waals surface area contributed by atoms with Crippen molar-refractivity contribution in [3.05, 3.63) is 0 Å². The zero-order valence-electron chi connectivity index (χ0n) is 13.2. The topological polar surface area (TPSA) is 127 Å². The van der Waals surface area contributed by atoms with Gasteiger partial charge in [-0.1, -0.05) is 0 Å². The molecule has 8 nitrogen and oxygen atoms in total. The van der Waals surface area contributed by atoms with E-state index in [0.29, 0.717) is 26.2 Å². The molecular formula is C12H20N2Na2O6. The number of carboxylic acid groups (broad SMARTS) is 2. The molecule has 0 radical (unpaired) electrons. The van der Waals surface area contributed by atoms with Gasteiger partial charge in [-0.3, -0.25) is 9.80 Å². The van der Waals surface area contributed by atoms with Crippen LogP contribution >= 0.6 is 0 Å². The van der Waals surface area contributed by atoms with Gasteiger partial charge in [-0.05, 0) is 12.8 Å². The van der Waals surface area contributed by atoms with Crippen LogP contribution in [0.5, 0.6) is 0 Å². The summed E-state index contributed by atoms with van der Waals surface area (Å²) in [5.41, 5.74) is 0. The van der Waals surface area contributed by atoms with Crippen LogP contribution in [-0.2, 0) is 9.59 Å². The summed E-state index contributed by atoms with van der Waals surface area (Å²) < 4.78 is 0. The number of aliphatic carboxylic acids is 2. The zero-order valence-corrected chi connectivity index (χ0v) is 17.2. The van der Waals surface area contributed by atoms with E-state index in [2.05, 4.69) is 0 Å². The Morgan fingerprint density at radius 3 is 1.27 bits per heavy atom. The third-order valence-corrected chi connectivity index (χ3v) is 3.58. The van der Waals surface area contributed by atoms with Crippen LogP contribution in [0.2, 0.25) is 0 Å². The molecule has 1 fully saturated rings. The van der Waals surface area contributed by atoms with E-state index in [1.807, 2.05) is 0 Å². The summed E-state index contributed by atoms with van der Waals surface area (Å²) in [4.78, 5) is 25.3. The molecular weight excluding hydrogens is 314 g/mol. The summed E-state index contributed by atoms with van der Waals surface area (Å²) in [6.07, 6.45) is 0.172. The van der Waals surface area contributed by atoms with Crippen LogP contribution in [0.3, 0.4) is 0 Å². The molecule has 1 heterocycles. The maximum Gasteiger partial charge on any atom is 1.00 e. The summed E-state index contributed by atoms with van der Waals surface area (Å²) in [6, 6.07) is -1.72. The van der Waals surface area contributed by atoms with Crippen molar-refractivity contribution in [3.8, 4) is 0 Å². The van der Waals surface area contributed by atoms with Gasteiger partial charge in [-0.15, -0.1) is 0 Å². The number of aliphatic hydroxyl groups is 2. The van der Waals surface area contributed by atoms with Gasteiger partial charge >= 0.3 is 59.1 Å². The number of rotatable bonds is 8. The van der Waals surface area contributed by atoms with Gasteiger partial charge in [0.1, 0.15) is 0 Å². The molecule has 0 saturated carbocycles. The molecule has 1 aliphatic heterocycles. The van der Waals surface area contributed by atoms with E-state index in [1.165, 1.54) is 0 Å². The fourth-order valence-corrected chi connectivity index (χ4v) is 2.50.